The summed E-state index contributed by atoms with van der Waals surface area (Å²) in [5.41, 5.74) is 3.64. The third-order valence-corrected chi connectivity index (χ3v) is 5.10. The fraction of sp³-hybridized carbons (Fsp3) is 0.391. The zero-order valence-electron chi connectivity index (χ0n) is 17.3. The molecule has 2 aromatic carbocycles. The van der Waals surface area contributed by atoms with Crippen LogP contribution in [0.15, 0.2) is 53.5 Å². The van der Waals surface area contributed by atoms with Gasteiger partial charge in [-0.15, -0.1) is 24.0 Å². The average Bonchev–Trinajstić information content (AvgIpc) is 3.45. The largest absolute Gasteiger partial charge is 0.484 e. The summed E-state index contributed by atoms with van der Waals surface area (Å²) in [7, 11) is 0. The molecule has 0 radical (unpaired) electrons. The van der Waals surface area contributed by atoms with Gasteiger partial charge in [0.2, 0.25) is 0 Å². The van der Waals surface area contributed by atoms with Crippen molar-refractivity contribution >= 4 is 41.5 Å². The number of benzene rings is 2. The molecule has 0 atom stereocenters. The minimum absolute atomic E-state index is 0. The number of para-hydroxylation sites is 1. The van der Waals surface area contributed by atoms with Gasteiger partial charge in [-0.2, -0.15) is 0 Å². The first-order valence-corrected chi connectivity index (χ1v) is 10.4. The van der Waals surface area contributed by atoms with Crippen LogP contribution >= 0.6 is 24.0 Å². The fourth-order valence-corrected chi connectivity index (χ4v) is 3.50. The number of anilines is 1. The SMILES string of the molecule is CCNC(=NCc1cccc(OCC(=O)NC2CC2)c1)N1CCc2ccccc21.I. The second-order valence-corrected chi connectivity index (χ2v) is 7.48. The minimum Gasteiger partial charge on any atom is -0.484 e. The summed E-state index contributed by atoms with van der Waals surface area (Å²) in [5, 5.41) is 6.34. The lowest BCUT2D eigenvalue weighted by atomic mass is 10.2. The molecule has 160 valence electrons. The van der Waals surface area contributed by atoms with Crippen LogP contribution in [0, 0.1) is 0 Å². The Morgan fingerprint density at radius 2 is 2.03 bits per heavy atom. The van der Waals surface area contributed by atoms with Gasteiger partial charge < -0.3 is 20.3 Å². The van der Waals surface area contributed by atoms with Crippen molar-refractivity contribution in [3.8, 4) is 5.75 Å². The number of carbonyl (C=O) groups excluding carboxylic acids is 1. The van der Waals surface area contributed by atoms with Crippen LogP contribution in [0.5, 0.6) is 5.75 Å². The highest BCUT2D eigenvalue weighted by Crippen LogP contribution is 2.27. The number of nitrogens with zero attached hydrogens (tertiary/aromatic N) is 2. The Morgan fingerprint density at radius 1 is 1.20 bits per heavy atom. The van der Waals surface area contributed by atoms with E-state index in [1.54, 1.807) is 0 Å². The van der Waals surface area contributed by atoms with Gasteiger partial charge in [0.1, 0.15) is 5.75 Å². The van der Waals surface area contributed by atoms with E-state index in [0.717, 1.165) is 43.9 Å². The third-order valence-electron chi connectivity index (χ3n) is 5.10. The van der Waals surface area contributed by atoms with Gasteiger partial charge in [0.15, 0.2) is 12.6 Å². The van der Waals surface area contributed by atoms with Crippen molar-refractivity contribution in [2.75, 3.05) is 24.6 Å². The topological polar surface area (TPSA) is 66.0 Å². The molecule has 2 N–H and O–H groups in total. The van der Waals surface area contributed by atoms with E-state index >= 15 is 0 Å². The number of ether oxygens (including phenoxy) is 1. The molecule has 1 heterocycles. The Balaban J connectivity index is 0.00000256. The molecule has 1 saturated carbocycles. The Labute approximate surface area is 195 Å². The second-order valence-electron chi connectivity index (χ2n) is 7.48. The first kappa shape index (κ1) is 22.4. The first-order chi connectivity index (χ1) is 14.2. The number of nitrogens with one attached hydrogen (secondary N) is 2. The van der Waals surface area contributed by atoms with Crippen molar-refractivity contribution in [3.05, 3.63) is 59.7 Å². The van der Waals surface area contributed by atoms with Gasteiger partial charge in [-0.3, -0.25) is 4.79 Å². The molecule has 30 heavy (non-hydrogen) atoms. The van der Waals surface area contributed by atoms with Crippen LogP contribution in [-0.2, 0) is 17.8 Å². The quantitative estimate of drug-likeness (QED) is 0.334. The number of rotatable bonds is 7. The fourth-order valence-electron chi connectivity index (χ4n) is 3.50. The Kier molecular flexibility index (Phi) is 7.95. The number of fused-ring (bicyclic) bond motifs is 1. The van der Waals surface area contributed by atoms with E-state index in [1.165, 1.54) is 11.3 Å². The highest BCUT2D eigenvalue weighted by atomic mass is 127. The van der Waals surface area contributed by atoms with Crippen molar-refractivity contribution in [2.24, 2.45) is 4.99 Å². The molecule has 0 saturated heterocycles. The molecule has 0 spiro atoms. The minimum atomic E-state index is -0.0574. The van der Waals surface area contributed by atoms with E-state index in [4.69, 9.17) is 9.73 Å². The van der Waals surface area contributed by atoms with Crippen LogP contribution < -0.4 is 20.3 Å². The van der Waals surface area contributed by atoms with Gasteiger partial charge in [-0.25, -0.2) is 4.99 Å². The van der Waals surface area contributed by atoms with Crippen molar-refractivity contribution < 1.29 is 9.53 Å². The Bertz CT molecular complexity index is 898. The normalized spacial score (nSPS) is 15.2. The summed E-state index contributed by atoms with van der Waals surface area (Å²) >= 11 is 0. The van der Waals surface area contributed by atoms with Crippen LogP contribution in [0.2, 0.25) is 0 Å². The molecule has 1 amide bonds. The van der Waals surface area contributed by atoms with Crippen molar-refractivity contribution in [1.29, 1.82) is 0 Å². The molecule has 0 aromatic heterocycles. The number of halogens is 1. The predicted molar refractivity (Wildman–Crippen MR) is 131 cm³/mol. The van der Waals surface area contributed by atoms with E-state index in [9.17, 15) is 4.79 Å². The summed E-state index contributed by atoms with van der Waals surface area (Å²) in [6, 6.07) is 16.6. The van der Waals surface area contributed by atoms with Crippen molar-refractivity contribution in [2.45, 2.75) is 38.8 Å². The number of guanidine groups is 1. The number of hydrogen-bond donors (Lipinski definition) is 2. The zero-order valence-corrected chi connectivity index (χ0v) is 19.6. The molecular formula is C23H29IN4O2. The van der Waals surface area contributed by atoms with E-state index in [1.807, 2.05) is 24.3 Å². The van der Waals surface area contributed by atoms with E-state index in [-0.39, 0.29) is 36.5 Å². The third kappa shape index (κ3) is 5.87. The maximum atomic E-state index is 11.8. The van der Waals surface area contributed by atoms with Gasteiger partial charge in [0, 0.05) is 24.8 Å². The molecule has 6 nitrogen and oxygen atoms in total. The summed E-state index contributed by atoms with van der Waals surface area (Å²) in [6.45, 7) is 4.43. The lowest BCUT2D eigenvalue weighted by Crippen LogP contribution is -2.40. The summed E-state index contributed by atoms with van der Waals surface area (Å²) in [5.74, 6) is 1.53. The van der Waals surface area contributed by atoms with Crippen LogP contribution in [0.25, 0.3) is 0 Å². The number of amides is 1. The number of aliphatic imine (C=N–C) groups is 1. The van der Waals surface area contributed by atoms with Gasteiger partial charge >= 0.3 is 0 Å². The van der Waals surface area contributed by atoms with Crippen LogP contribution in [0.4, 0.5) is 5.69 Å². The highest BCUT2D eigenvalue weighted by molar-refractivity contribution is 14.0. The number of hydrogen-bond acceptors (Lipinski definition) is 3. The molecular weight excluding hydrogens is 491 g/mol. The van der Waals surface area contributed by atoms with Gasteiger partial charge in [-0.05, 0) is 55.5 Å². The van der Waals surface area contributed by atoms with Crippen LogP contribution in [0.1, 0.15) is 30.9 Å². The van der Waals surface area contributed by atoms with Gasteiger partial charge in [-0.1, -0.05) is 30.3 Å². The molecule has 0 unspecified atom stereocenters. The molecule has 1 aliphatic heterocycles. The molecule has 1 aliphatic carbocycles. The standard InChI is InChI=1S/C23H28N4O2.HI/c1-2-24-23(27-13-12-18-7-3-4-9-21(18)27)25-15-17-6-5-8-20(14-17)29-16-22(28)26-19-10-11-19;/h3-9,14,19H,2,10-13,15-16H2,1H3,(H,24,25)(H,26,28);1H. The van der Waals surface area contributed by atoms with Crippen molar-refractivity contribution in [1.82, 2.24) is 10.6 Å². The monoisotopic (exact) mass is 520 g/mol. The highest BCUT2D eigenvalue weighted by Gasteiger charge is 2.23. The van der Waals surface area contributed by atoms with Crippen LogP contribution in [-0.4, -0.2) is 37.6 Å². The first-order valence-electron chi connectivity index (χ1n) is 10.4. The molecule has 2 aromatic rings. The smallest absolute Gasteiger partial charge is 0.258 e. The van der Waals surface area contributed by atoms with Gasteiger partial charge in [0.05, 0.1) is 6.54 Å². The summed E-state index contributed by atoms with van der Waals surface area (Å²) in [6.07, 6.45) is 3.19. The Morgan fingerprint density at radius 3 is 2.83 bits per heavy atom. The predicted octanol–water partition coefficient (Wildman–Crippen LogP) is 3.49. The molecule has 2 aliphatic rings. The average molecular weight is 520 g/mol. The van der Waals surface area contributed by atoms with E-state index < -0.39 is 0 Å². The number of carbonyl (C=O) groups is 1. The molecule has 4 rings (SSSR count). The maximum Gasteiger partial charge on any atom is 0.258 e. The lowest BCUT2D eigenvalue weighted by Gasteiger charge is -2.22. The van der Waals surface area contributed by atoms with Gasteiger partial charge in [0.25, 0.3) is 5.91 Å². The Hall–Kier alpha value is -2.29. The van der Waals surface area contributed by atoms with Crippen molar-refractivity contribution in [3.63, 3.8) is 0 Å². The maximum absolute atomic E-state index is 11.8. The summed E-state index contributed by atoms with van der Waals surface area (Å²) < 4.78 is 5.65. The molecule has 0 bridgehead atoms. The molecule has 1 fully saturated rings. The summed E-state index contributed by atoms with van der Waals surface area (Å²) in [4.78, 5) is 18.9. The second kappa shape index (κ2) is 10.7. The van der Waals surface area contributed by atoms with E-state index in [2.05, 4.69) is 46.7 Å². The lowest BCUT2D eigenvalue weighted by molar-refractivity contribution is -0.123. The zero-order chi connectivity index (χ0) is 20.1. The van der Waals surface area contributed by atoms with E-state index in [0.29, 0.717) is 18.3 Å². The van der Waals surface area contributed by atoms with Crippen LogP contribution in [0.3, 0.4) is 0 Å². The molecule has 7 heteroatoms.